The maximum Gasteiger partial charge on any atom is 0.323 e. The molecule has 3 aromatic rings. The van der Waals surface area contributed by atoms with E-state index < -0.39 is 22.6 Å². The van der Waals surface area contributed by atoms with E-state index in [0.717, 1.165) is 22.2 Å². The van der Waals surface area contributed by atoms with Gasteiger partial charge in [-0.3, -0.25) is 19.2 Å². The van der Waals surface area contributed by atoms with E-state index in [1.165, 1.54) is 28.0 Å². The molecule has 1 aromatic heterocycles. The first-order valence-electron chi connectivity index (χ1n) is 11.9. The summed E-state index contributed by atoms with van der Waals surface area (Å²) in [7, 11) is 0. The molecule has 2 unspecified atom stereocenters. The summed E-state index contributed by atoms with van der Waals surface area (Å²) in [4.78, 5) is 53.8. The predicted molar refractivity (Wildman–Crippen MR) is 150 cm³/mol. The number of rotatable bonds is 9. The van der Waals surface area contributed by atoms with E-state index in [1.807, 2.05) is 53.9 Å². The number of carbonyl (C=O) groups is 4. The number of thioether (sulfide) groups is 2. The smallest absolute Gasteiger partial charge is 0.323 e. The van der Waals surface area contributed by atoms with E-state index in [0.29, 0.717) is 11.1 Å². The van der Waals surface area contributed by atoms with Crippen LogP contribution in [0.5, 0.6) is 0 Å². The van der Waals surface area contributed by atoms with Crippen molar-refractivity contribution >= 4 is 57.8 Å². The SMILES string of the molecule is O=C(Cc1cccs1)NC1C(=O)N2C=C(CSC(=O)c3ccccc3)C(C(=O)OCc3ccccc3)S[C@H]12. The zero-order chi connectivity index (χ0) is 26.5. The van der Waals surface area contributed by atoms with Crippen LogP contribution in [-0.2, 0) is 32.1 Å². The molecule has 2 aromatic carbocycles. The van der Waals surface area contributed by atoms with Gasteiger partial charge < -0.3 is 15.0 Å². The predicted octanol–water partition coefficient (Wildman–Crippen LogP) is 4.26. The van der Waals surface area contributed by atoms with Crippen LogP contribution in [0.1, 0.15) is 20.8 Å². The number of nitrogens with one attached hydrogen (secondary N) is 1. The van der Waals surface area contributed by atoms with Gasteiger partial charge in [-0.1, -0.05) is 78.5 Å². The first-order chi connectivity index (χ1) is 18.5. The second-order valence-corrected chi connectivity index (χ2v) is 11.9. The lowest BCUT2D eigenvalue weighted by Crippen LogP contribution is -2.69. The van der Waals surface area contributed by atoms with Crippen LogP contribution in [0.3, 0.4) is 0 Å². The van der Waals surface area contributed by atoms with Gasteiger partial charge in [-0.25, -0.2) is 0 Å². The van der Waals surface area contributed by atoms with Crippen molar-refractivity contribution in [1.29, 1.82) is 0 Å². The van der Waals surface area contributed by atoms with E-state index in [4.69, 9.17) is 4.74 Å². The summed E-state index contributed by atoms with van der Waals surface area (Å²) in [6, 6.07) is 21.3. The van der Waals surface area contributed by atoms with Gasteiger partial charge in [0.1, 0.15) is 23.3 Å². The van der Waals surface area contributed by atoms with Gasteiger partial charge in [-0.15, -0.1) is 23.1 Å². The molecule has 0 aliphatic carbocycles. The quantitative estimate of drug-likeness (QED) is 0.307. The number of hydrogen-bond donors (Lipinski definition) is 1. The van der Waals surface area contributed by atoms with E-state index in [1.54, 1.807) is 30.5 Å². The lowest BCUT2D eigenvalue weighted by Gasteiger charge is -2.49. The largest absolute Gasteiger partial charge is 0.460 e. The standard InChI is InChI=1S/C28H24N2O5S3/c31-22(14-21-12-7-13-36-21)29-23-25(32)30-15-20(17-37-28(34)19-10-5-2-6-11-19)24(38-26(23)30)27(33)35-16-18-8-3-1-4-9-18/h1-13,15,23-24,26H,14,16-17H2,(H,29,31)/t23?,24?,26-/m1/s1. The Morgan fingerprint density at radius 3 is 2.42 bits per heavy atom. The number of β-lactam (4-membered cyclic amide) rings is 1. The topological polar surface area (TPSA) is 92.8 Å². The van der Waals surface area contributed by atoms with Gasteiger partial charge >= 0.3 is 5.97 Å². The average molecular weight is 565 g/mol. The minimum absolute atomic E-state index is 0.119. The van der Waals surface area contributed by atoms with Crippen molar-refractivity contribution in [3.05, 3.63) is 106 Å². The van der Waals surface area contributed by atoms with E-state index >= 15 is 0 Å². The van der Waals surface area contributed by atoms with Gasteiger partial charge in [0.15, 0.2) is 0 Å². The minimum atomic E-state index is -0.728. The van der Waals surface area contributed by atoms with Crippen LogP contribution in [0.4, 0.5) is 0 Å². The zero-order valence-electron chi connectivity index (χ0n) is 20.1. The third-order valence-electron chi connectivity index (χ3n) is 6.05. The van der Waals surface area contributed by atoms with Gasteiger partial charge in [-0.2, -0.15) is 0 Å². The lowest BCUT2D eigenvalue weighted by atomic mass is 10.1. The lowest BCUT2D eigenvalue weighted by molar-refractivity contribution is -0.146. The maximum absolute atomic E-state index is 13.2. The van der Waals surface area contributed by atoms with Crippen molar-refractivity contribution in [2.45, 2.75) is 29.7 Å². The number of amides is 2. The van der Waals surface area contributed by atoms with E-state index in [9.17, 15) is 19.2 Å². The Balaban J connectivity index is 1.29. The molecule has 5 rings (SSSR count). The summed E-state index contributed by atoms with van der Waals surface area (Å²) in [6.07, 6.45) is 1.84. The molecule has 194 valence electrons. The number of carbonyl (C=O) groups excluding carboxylic acids is 4. The molecule has 3 atom stereocenters. The minimum Gasteiger partial charge on any atom is -0.460 e. The molecule has 0 spiro atoms. The molecule has 2 aliphatic heterocycles. The summed E-state index contributed by atoms with van der Waals surface area (Å²) >= 11 is 3.83. The van der Waals surface area contributed by atoms with Crippen molar-refractivity contribution < 1.29 is 23.9 Å². The highest BCUT2D eigenvalue weighted by Crippen LogP contribution is 2.42. The number of hydrogen-bond acceptors (Lipinski definition) is 8. The number of fused-ring (bicyclic) bond motifs is 1. The summed E-state index contributed by atoms with van der Waals surface area (Å²) < 4.78 is 5.63. The molecule has 38 heavy (non-hydrogen) atoms. The Morgan fingerprint density at radius 1 is 0.974 bits per heavy atom. The van der Waals surface area contributed by atoms with Crippen LogP contribution in [-0.4, -0.2) is 50.2 Å². The first kappa shape index (κ1) is 26.3. The Morgan fingerprint density at radius 2 is 1.71 bits per heavy atom. The van der Waals surface area contributed by atoms with E-state index in [2.05, 4.69) is 5.32 Å². The number of esters is 1. The van der Waals surface area contributed by atoms with Crippen molar-refractivity contribution in [3.63, 3.8) is 0 Å². The normalized spacial score (nSPS) is 20.1. The zero-order valence-corrected chi connectivity index (χ0v) is 22.6. The molecular weight excluding hydrogens is 541 g/mol. The Bertz CT molecular complexity index is 1350. The molecule has 1 N–H and O–H groups in total. The van der Waals surface area contributed by atoms with Crippen LogP contribution in [0.15, 0.2) is 89.9 Å². The molecule has 10 heteroatoms. The van der Waals surface area contributed by atoms with Crippen molar-refractivity contribution in [2.24, 2.45) is 0 Å². The summed E-state index contributed by atoms with van der Waals surface area (Å²) in [6.45, 7) is 0.119. The number of benzene rings is 2. The Labute approximate surface area is 232 Å². The third-order valence-corrected chi connectivity index (χ3v) is 9.44. The maximum atomic E-state index is 13.2. The van der Waals surface area contributed by atoms with Crippen LogP contribution in [0.2, 0.25) is 0 Å². The van der Waals surface area contributed by atoms with Crippen LogP contribution >= 0.6 is 34.9 Å². The number of thiophene rings is 1. The first-order valence-corrected chi connectivity index (χ1v) is 14.7. The molecule has 1 saturated heterocycles. The van der Waals surface area contributed by atoms with Crippen LogP contribution in [0, 0.1) is 0 Å². The Kier molecular flexibility index (Phi) is 8.31. The van der Waals surface area contributed by atoms with Gasteiger partial charge in [0, 0.05) is 22.4 Å². The molecular formula is C28H24N2O5S3. The highest BCUT2D eigenvalue weighted by molar-refractivity contribution is 8.14. The number of nitrogens with zero attached hydrogens (tertiary/aromatic N) is 1. The molecule has 1 fully saturated rings. The van der Waals surface area contributed by atoms with Crippen molar-refractivity contribution in [2.75, 3.05) is 5.75 Å². The third kappa shape index (κ3) is 6.03. The molecule has 2 aliphatic rings. The molecule has 0 saturated carbocycles. The van der Waals surface area contributed by atoms with Gasteiger partial charge in [-0.05, 0) is 22.6 Å². The van der Waals surface area contributed by atoms with Gasteiger partial charge in [0.25, 0.3) is 5.91 Å². The second kappa shape index (κ2) is 12.0. The second-order valence-electron chi connectivity index (χ2n) is 8.69. The fourth-order valence-corrected chi connectivity index (χ4v) is 7.17. The fraction of sp³-hybridized carbons (Fsp3) is 0.214. The van der Waals surface area contributed by atoms with Crippen LogP contribution in [0.25, 0.3) is 0 Å². The molecule has 7 nitrogen and oxygen atoms in total. The van der Waals surface area contributed by atoms with Crippen LogP contribution < -0.4 is 5.32 Å². The molecule has 2 amide bonds. The van der Waals surface area contributed by atoms with E-state index in [-0.39, 0.29) is 35.7 Å². The fourth-order valence-electron chi connectivity index (χ4n) is 4.10. The average Bonchev–Trinajstić information content (AvgIpc) is 3.46. The highest BCUT2D eigenvalue weighted by Gasteiger charge is 2.52. The van der Waals surface area contributed by atoms with Crippen molar-refractivity contribution in [1.82, 2.24) is 10.2 Å². The molecule has 0 radical (unpaired) electrons. The highest BCUT2D eigenvalue weighted by atomic mass is 32.2. The monoisotopic (exact) mass is 564 g/mol. The summed E-state index contributed by atoms with van der Waals surface area (Å²) in [5.74, 6) is -0.693. The summed E-state index contributed by atoms with van der Waals surface area (Å²) in [5.41, 5.74) is 2.05. The Hall–Kier alpha value is -3.34. The van der Waals surface area contributed by atoms with Crippen molar-refractivity contribution in [3.8, 4) is 0 Å². The molecule has 3 heterocycles. The van der Waals surface area contributed by atoms with Gasteiger partial charge in [0.05, 0.1) is 6.42 Å². The molecule has 0 bridgehead atoms. The summed E-state index contributed by atoms with van der Waals surface area (Å²) in [5, 5.41) is 3.46. The van der Waals surface area contributed by atoms with Gasteiger partial charge in [0.2, 0.25) is 11.0 Å². The number of ether oxygens (including phenoxy) is 1.